The number of esters is 1. The molecule has 0 saturated carbocycles. The lowest BCUT2D eigenvalue weighted by Crippen LogP contribution is -2.17. The van der Waals surface area contributed by atoms with Crippen molar-refractivity contribution in [2.75, 3.05) is 20.6 Å². The summed E-state index contributed by atoms with van der Waals surface area (Å²) in [5.41, 5.74) is 4.26. The summed E-state index contributed by atoms with van der Waals surface area (Å²) in [4.78, 5) is 19.2. The summed E-state index contributed by atoms with van der Waals surface area (Å²) >= 11 is 1.60. The Bertz CT molecular complexity index is 889. The predicted molar refractivity (Wildman–Crippen MR) is 139 cm³/mol. The van der Waals surface area contributed by atoms with Gasteiger partial charge in [-0.25, -0.2) is 9.78 Å². The minimum Gasteiger partial charge on any atom is -0.454 e. The quantitative estimate of drug-likeness (QED) is 0.235. The van der Waals surface area contributed by atoms with E-state index in [0.717, 1.165) is 34.8 Å². The first-order chi connectivity index (χ1) is 15.6. The van der Waals surface area contributed by atoms with Crippen molar-refractivity contribution in [1.29, 1.82) is 0 Å². The first kappa shape index (κ1) is 28.8. The molecule has 33 heavy (non-hydrogen) atoms. The van der Waals surface area contributed by atoms with Crippen LogP contribution in [0.5, 0.6) is 0 Å². The van der Waals surface area contributed by atoms with Crippen LogP contribution in [0.2, 0.25) is 0 Å². The molecule has 6 heteroatoms. The van der Waals surface area contributed by atoms with Gasteiger partial charge in [0.05, 0.1) is 16.8 Å². The van der Waals surface area contributed by atoms with Crippen molar-refractivity contribution in [2.45, 2.75) is 66.1 Å². The molecule has 0 aliphatic carbocycles. The normalized spacial score (nSPS) is 15.6. The second-order valence-electron chi connectivity index (χ2n) is 8.65. The zero-order chi connectivity index (χ0) is 24.8. The van der Waals surface area contributed by atoms with Gasteiger partial charge in [-0.2, -0.15) is 0 Å². The highest BCUT2D eigenvalue weighted by atomic mass is 32.1. The van der Waals surface area contributed by atoms with E-state index in [4.69, 9.17) is 4.74 Å². The number of carbonyl (C=O) groups excluding carboxylic acids is 1. The van der Waals surface area contributed by atoms with Crippen molar-refractivity contribution in [3.05, 3.63) is 75.3 Å². The summed E-state index contributed by atoms with van der Waals surface area (Å²) in [6.07, 6.45) is 14.4. The van der Waals surface area contributed by atoms with Crippen LogP contribution in [0.25, 0.3) is 0 Å². The lowest BCUT2D eigenvalue weighted by atomic mass is 10.1. The number of aliphatic hydroxyl groups excluding tert-OH is 1. The van der Waals surface area contributed by atoms with E-state index < -0.39 is 18.2 Å². The number of allylic oxidation sites excluding steroid dienone is 6. The fourth-order valence-electron chi connectivity index (χ4n) is 2.93. The number of thiazole rings is 1. The lowest BCUT2D eigenvalue weighted by molar-refractivity contribution is -0.140. The maximum Gasteiger partial charge on any atom is 0.331 e. The summed E-state index contributed by atoms with van der Waals surface area (Å²) in [5, 5.41) is 12.5. The number of aryl methyl sites for hydroxylation is 1. The molecule has 0 amide bonds. The van der Waals surface area contributed by atoms with Crippen LogP contribution in [0.4, 0.5) is 0 Å². The van der Waals surface area contributed by atoms with Crippen molar-refractivity contribution in [1.82, 2.24) is 9.88 Å². The molecule has 1 unspecified atom stereocenters. The van der Waals surface area contributed by atoms with Crippen LogP contribution in [0.1, 0.15) is 51.7 Å². The molecule has 1 N–H and O–H groups in total. The summed E-state index contributed by atoms with van der Waals surface area (Å²) in [5.74, 6) is -0.400. The minimum absolute atomic E-state index is 0.400. The van der Waals surface area contributed by atoms with Gasteiger partial charge < -0.3 is 14.7 Å². The number of aromatic nitrogens is 1. The van der Waals surface area contributed by atoms with E-state index >= 15 is 0 Å². The summed E-state index contributed by atoms with van der Waals surface area (Å²) in [6, 6.07) is 0. The van der Waals surface area contributed by atoms with Crippen molar-refractivity contribution in [3.8, 4) is 0 Å². The molecular formula is C27H40N2O3S. The molecular weight excluding hydrogens is 432 g/mol. The maximum atomic E-state index is 12.4. The van der Waals surface area contributed by atoms with Gasteiger partial charge in [0.1, 0.15) is 6.10 Å². The van der Waals surface area contributed by atoms with E-state index in [1.54, 1.807) is 24.3 Å². The Balaban J connectivity index is 2.93. The molecule has 0 saturated heterocycles. The summed E-state index contributed by atoms with van der Waals surface area (Å²) in [7, 11) is 4.08. The number of aliphatic hydroxyl groups is 1. The van der Waals surface area contributed by atoms with Crippen LogP contribution >= 0.6 is 11.3 Å². The van der Waals surface area contributed by atoms with Gasteiger partial charge in [-0.05, 0) is 60.7 Å². The van der Waals surface area contributed by atoms with Crippen LogP contribution in [0, 0.1) is 0 Å². The van der Waals surface area contributed by atoms with Crippen LogP contribution < -0.4 is 0 Å². The van der Waals surface area contributed by atoms with E-state index in [-0.39, 0.29) is 0 Å². The van der Waals surface area contributed by atoms with E-state index in [0.29, 0.717) is 12.8 Å². The number of hydrogen-bond donors (Lipinski definition) is 1. The monoisotopic (exact) mass is 472 g/mol. The molecule has 0 fully saturated rings. The van der Waals surface area contributed by atoms with Gasteiger partial charge in [0.25, 0.3) is 0 Å². The maximum absolute atomic E-state index is 12.4. The largest absolute Gasteiger partial charge is 0.454 e. The predicted octanol–water partition coefficient (Wildman–Crippen LogP) is 5.44. The molecule has 0 radical (unpaired) electrons. The fourth-order valence-corrected chi connectivity index (χ4v) is 3.85. The van der Waals surface area contributed by atoms with Crippen LogP contribution in [-0.4, -0.2) is 53.8 Å². The number of rotatable bonds is 13. The fraction of sp³-hybridized carbons (Fsp3) is 0.481. The second kappa shape index (κ2) is 15.5. The molecule has 0 spiro atoms. The van der Waals surface area contributed by atoms with Crippen molar-refractivity contribution in [3.63, 3.8) is 0 Å². The second-order valence-corrected chi connectivity index (χ2v) is 9.59. The molecule has 2 atom stereocenters. The van der Waals surface area contributed by atoms with Crippen LogP contribution in [0.3, 0.4) is 0 Å². The molecule has 1 aromatic rings. The standard InChI is InChI=1S/C27H40N2O3S/c1-8-24-19-33-26(28-24)18-25(17-22(4)13-12-20(2)14-15-29(6)7)32-27(31)11-9-10-21(3)16-23(5)30/h9-14,17,19,23,25,30H,8,15-16,18H2,1-7H3/t23-,25?/m0/s1. The van der Waals surface area contributed by atoms with E-state index in [2.05, 4.69) is 41.3 Å². The zero-order valence-electron chi connectivity index (χ0n) is 21.2. The van der Waals surface area contributed by atoms with Gasteiger partial charge in [0.2, 0.25) is 0 Å². The average Bonchev–Trinajstić information content (AvgIpc) is 3.17. The zero-order valence-corrected chi connectivity index (χ0v) is 22.0. The first-order valence-electron chi connectivity index (χ1n) is 11.4. The average molecular weight is 473 g/mol. The van der Waals surface area contributed by atoms with Gasteiger partial charge in [-0.1, -0.05) is 54.0 Å². The van der Waals surface area contributed by atoms with Crippen LogP contribution in [-0.2, 0) is 22.4 Å². The van der Waals surface area contributed by atoms with E-state index in [1.165, 1.54) is 11.6 Å². The molecule has 1 heterocycles. The number of nitrogens with zero attached hydrogens (tertiary/aromatic N) is 2. The van der Waals surface area contributed by atoms with E-state index in [1.807, 2.05) is 46.2 Å². The third-order valence-corrected chi connectivity index (χ3v) is 5.59. The Morgan fingerprint density at radius 1 is 1.21 bits per heavy atom. The lowest BCUT2D eigenvalue weighted by Gasteiger charge is -2.13. The minimum atomic E-state index is -0.406. The Morgan fingerprint density at radius 2 is 1.91 bits per heavy atom. The van der Waals surface area contributed by atoms with Crippen molar-refractivity contribution in [2.24, 2.45) is 0 Å². The van der Waals surface area contributed by atoms with E-state index in [9.17, 15) is 9.90 Å². The van der Waals surface area contributed by atoms with Crippen molar-refractivity contribution < 1.29 is 14.6 Å². The highest BCUT2D eigenvalue weighted by Gasteiger charge is 2.14. The van der Waals surface area contributed by atoms with Gasteiger partial charge in [0, 0.05) is 24.4 Å². The molecule has 5 nitrogen and oxygen atoms in total. The Morgan fingerprint density at radius 3 is 2.52 bits per heavy atom. The van der Waals surface area contributed by atoms with Gasteiger partial charge in [0.15, 0.2) is 0 Å². The van der Waals surface area contributed by atoms with Crippen LogP contribution in [0.15, 0.2) is 64.6 Å². The van der Waals surface area contributed by atoms with Crippen molar-refractivity contribution >= 4 is 17.3 Å². The number of likely N-dealkylation sites (N-methyl/N-ethyl adjacent to an activating group) is 1. The summed E-state index contributed by atoms with van der Waals surface area (Å²) < 4.78 is 5.75. The third-order valence-electron chi connectivity index (χ3n) is 4.67. The number of ether oxygens (including phenoxy) is 1. The highest BCUT2D eigenvalue weighted by molar-refractivity contribution is 7.09. The Kier molecular flexibility index (Phi) is 13.5. The van der Waals surface area contributed by atoms with Gasteiger partial charge in [-0.3, -0.25) is 0 Å². The van der Waals surface area contributed by atoms with Gasteiger partial charge >= 0.3 is 5.97 Å². The smallest absolute Gasteiger partial charge is 0.331 e. The molecule has 0 aromatic carbocycles. The molecule has 0 aliphatic heterocycles. The molecule has 182 valence electrons. The molecule has 1 aromatic heterocycles. The number of hydrogen-bond acceptors (Lipinski definition) is 6. The third kappa shape index (κ3) is 13.8. The molecule has 0 aliphatic rings. The Labute approximate surface area is 203 Å². The first-order valence-corrected chi connectivity index (χ1v) is 12.3. The molecule has 0 bridgehead atoms. The number of carbonyl (C=O) groups is 1. The summed E-state index contributed by atoms with van der Waals surface area (Å²) in [6.45, 7) is 10.7. The van der Waals surface area contributed by atoms with Gasteiger partial charge in [-0.15, -0.1) is 11.3 Å². The SMILES string of the molecule is CCc1csc(CC(C=C(C)C=CC(C)=CCN(C)C)OC(=O)C=CC=C(C)C[C@H](C)O)n1. The highest BCUT2D eigenvalue weighted by Crippen LogP contribution is 2.16. The Hall–Kier alpha value is -2.28. The molecule has 1 rings (SSSR count). The topological polar surface area (TPSA) is 62.7 Å².